The van der Waals surface area contributed by atoms with Crippen molar-refractivity contribution in [3.05, 3.63) is 0 Å². The van der Waals surface area contributed by atoms with E-state index in [9.17, 15) is 4.79 Å². The average molecular weight is 270 g/mol. The first-order valence-corrected chi connectivity index (χ1v) is 7.39. The Hall–Kier alpha value is -0.810. The predicted molar refractivity (Wildman–Crippen MR) is 79.4 cm³/mol. The molecule has 1 heterocycles. The number of nitrogens with zero attached hydrogens (tertiary/aromatic N) is 3. The highest BCUT2D eigenvalue weighted by atomic mass is 16.2. The molecule has 0 spiro atoms. The molecule has 1 aliphatic heterocycles. The molecule has 0 radical (unpaired) electrons. The van der Waals surface area contributed by atoms with Crippen molar-refractivity contribution < 1.29 is 4.79 Å². The van der Waals surface area contributed by atoms with Gasteiger partial charge in [-0.2, -0.15) is 0 Å². The standard InChI is InChI=1S/C14H30N4O/c1-13(2)5-7-17-9-11-18(12-10-17)14(19)15-6-8-16(3)4/h13H,5-12H2,1-4H3,(H,15,19). The summed E-state index contributed by atoms with van der Waals surface area (Å²) in [5.41, 5.74) is 0. The second-order valence-corrected chi connectivity index (χ2v) is 6.05. The Morgan fingerprint density at radius 1 is 1.21 bits per heavy atom. The van der Waals surface area contributed by atoms with Crippen LogP contribution in [-0.2, 0) is 0 Å². The second-order valence-electron chi connectivity index (χ2n) is 6.05. The number of urea groups is 1. The average Bonchev–Trinajstić information content (AvgIpc) is 2.36. The zero-order chi connectivity index (χ0) is 14.3. The molecule has 0 unspecified atom stereocenters. The molecule has 1 saturated heterocycles. The fraction of sp³-hybridized carbons (Fsp3) is 0.929. The molecule has 1 aliphatic rings. The molecule has 5 heteroatoms. The maximum absolute atomic E-state index is 11.9. The van der Waals surface area contributed by atoms with Gasteiger partial charge in [0.2, 0.25) is 0 Å². The number of carbonyl (C=O) groups is 1. The zero-order valence-corrected chi connectivity index (χ0v) is 13.0. The third-order valence-corrected chi connectivity index (χ3v) is 3.52. The highest BCUT2D eigenvalue weighted by molar-refractivity contribution is 5.74. The van der Waals surface area contributed by atoms with E-state index in [0.29, 0.717) is 0 Å². The molecular formula is C14H30N4O. The van der Waals surface area contributed by atoms with Crippen LogP contribution >= 0.6 is 0 Å². The summed E-state index contributed by atoms with van der Waals surface area (Å²) < 4.78 is 0. The molecule has 0 aromatic heterocycles. The van der Waals surface area contributed by atoms with Gasteiger partial charge in [0.15, 0.2) is 0 Å². The fourth-order valence-corrected chi connectivity index (χ4v) is 2.11. The monoisotopic (exact) mass is 270 g/mol. The Balaban J connectivity index is 2.16. The van der Waals surface area contributed by atoms with Gasteiger partial charge < -0.3 is 15.1 Å². The lowest BCUT2D eigenvalue weighted by molar-refractivity contribution is 0.135. The van der Waals surface area contributed by atoms with E-state index < -0.39 is 0 Å². The van der Waals surface area contributed by atoms with Crippen molar-refractivity contribution in [3.63, 3.8) is 0 Å². The van der Waals surface area contributed by atoms with E-state index in [0.717, 1.165) is 51.7 Å². The van der Waals surface area contributed by atoms with Gasteiger partial charge in [-0.1, -0.05) is 13.8 Å². The van der Waals surface area contributed by atoms with Crippen molar-refractivity contribution in [1.29, 1.82) is 0 Å². The van der Waals surface area contributed by atoms with Gasteiger partial charge in [0.25, 0.3) is 0 Å². The number of hydrogen-bond acceptors (Lipinski definition) is 3. The van der Waals surface area contributed by atoms with Gasteiger partial charge in [-0.05, 0) is 33.0 Å². The molecule has 1 N–H and O–H groups in total. The lowest BCUT2D eigenvalue weighted by Gasteiger charge is -2.35. The molecule has 112 valence electrons. The quantitative estimate of drug-likeness (QED) is 0.780. The van der Waals surface area contributed by atoms with Gasteiger partial charge in [0.05, 0.1) is 0 Å². The maximum atomic E-state index is 11.9. The van der Waals surface area contributed by atoms with Crippen molar-refractivity contribution in [2.24, 2.45) is 5.92 Å². The van der Waals surface area contributed by atoms with Crippen LogP contribution in [0.1, 0.15) is 20.3 Å². The van der Waals surface area contributed by atoms with Crippen LogP contribution < -0.4 is 5.32 Å². The Bertz CT molecular complexity index is 260. The third kappa shape index (κ3) is 6.78. The largest absolute Gasteiger partial charge is 0.337 e. The molecule has 0 bridgehead atoms. The Kier molecular flexibility index (Phi) is 7.16. The molecule has 0 atom stereocenters. The van der Waals surface area contributed by atoms with Crippen LogP contribution in [0.25, 0.3) is 0 Å². The Morgan fingerprint density at radius 3 is 2.37 bits per heavy atom. The van der Waals surface area contributed by atoms with E-state index in [1.54, 1.807) is 0 Å². The van der Waals surface area contributed by atoms with Gasteiger partial charge in [-0.25, -0.2) is 4.79 Å². The van der Waals surface area contributed by atoms with Crippen LogP contribution in [0.4, 0.5) is 4.79 Å². The number of carbonyl (C=O) groups excluding carboxylic acids is 1. The zero-order valence-electron chi connectivity index (χ0n) is 13.0. The summed E-state index contributed by atoms with van der Waals surface area (Å²) in [5.74, 6) is 0.757. The van der Waals surface area contributed by atoms with Gasteiger partial charge in [-0.15, -0.1) is 0 Å². The number of piperazine rings is 1. The van der Waals surface area contributed by atoms with E-state index in [4.69, 9.17) is 0 Å². The summed E-state index contributed by atoms with van der Waals surface area (Å²) in [4.78, 5) is 18.4. The van der Waals surface area contributed by atoms with Crippen molar-refractivity contribution in [1.82, 2.24) is 20.0 Å². The number of rotatable bonds is 6. The summed E-state index contributed by atoms with van der Waals surface area (Å²) in [6.45, 7) is 11.0. The SMILES string of the molecule is CC(C)CCN1CCN(C(=O)NCCN(C)C)CC1. The van der Waals surface area contributed by atoms with Crippen LogP contribution in [0, 0.1) is 5.92 Å². The van der Waals surface area contributed by atoms with E-state index in [1.165, 1.54) is 6.42 Å². The second kappa shape index (κ2) is 8.38. The van der Waals surface area contributed by atoms with E-state index in [1.807, 2.05) is 19.0 Å². The van der Waals surface area contributed by atoms with Crippen molar-refractivity contribution in [3.8, 4) is 0 Å². The molecule has 0 saturated carbocycles. The van der Waals surface area contributed by atoms with Crippen LogP contribution in [-0.4, -0.2) is 80.6 Å². The highest BCUT2D eigenvalue weighted by Gasteiger charge is 2.20. The third-order valence-electron chi connectivity index (χ3n) is 3.52. The summed E-state index contributed by atoms with van der Waals surface area (Å²) in [6.07, 6.45) is 1.25. The minimum atomic E-state index is 0.0883. The lowest BCUT2D eigenvalue weighted by Crippen LogP contribution is -2.52. The fourth-order valence-electron chi connectivity index (χ4n) is 2.11. The van der Waals surface area contributed by atoms with Crippen LogP contribution in [0.5, 0.6) is 0 Å². The molecule has 0 aromatic carbocycles. The smallest absolute Gasteiger partial charge is 0.317 e. The minimum absolute atomic E-state index is 0.0883. The van der Waals surface area contributed by atoms with E-state index in [2.05, 4.69) is 29.0 Å². The molecule has 0 aromatic rings. The number of nitrogens with one attached hydrogen (secondary N) is 1. The van der Waals surface area contributed by atoms with Gasteiger partial charge >= 0.3 is 6.03 Å². The summed E-state index contributed by atoms with van der Waals surface area (Å²) in [6, 6.07) is 0.0883. The van der Waals surface area contributed by atoms with Crippen LogP contribution in [0.15, 0.2) is 0 Å². The molecule has 2 amide bonds. The lowest BCUT2D eigenvalue weighted by atomic mass is 10.1. The molecule has 0 aliphatic carbocycles. The highest BCUT2D eigenvalue weighted by Crippen LogP contribution is 2.06. The molecule has 5 nitrogen and oxygen atoms in total. The maximum Gasteiger partial charge on any atom is 0.317 e. The molecule has 19 heavy (non-hydrogen) atoms. The minimum Gasteiger partial charge on any atom is -0.337 e. The van der Waals surface area contributed by atoms with Crippen molar-refractivity contribution in [2.45, 2.75) is 20.3 Å². The first-order chi connectivity index (χ1) is 8.99. The Morgan fingerprint density at radius 2 is 1.84 bits per heavy atom. The van der Waals surface area contributed by atoms with Crippen molar-refractivity contribution >= 4 is 6.03 Å². The van der Waals surface area contributed by atoms with E-state index >= 15 is 0 Å². The van der Waals surface area contributed by atoms with Gasteiger partial charge in [0, 0.05) is 39.3 Å². The van der Waals surface area contributed by atoms with Crippen LogP contribution in [0.2, 0.25) is 0 Å². The molecule has 1 rings (SSSR count). The number of likely N-dealkylation sites (N-methyl/N-ethyl adjacent to an activating group) is 1. The molecular weight excluding hydrogens is 240 g/mol. The normalized spacial score (nSPS) is 17.3. The summed E-state index contributed by atoms with van der Waals surface area (Å²) >= 11 is 0. The number of amides is 2. The summed E-state index contributed by atoms with van der Waals surface area (Å²) in [5, 5.41) is 2.98. The van der Waals surface area contributed by atoms with Crippen LogP contribution in [0.3, 0.4) is 0 Å². The van der Waals surface area contributed by atoms with Gasteiger partial charge in [-0.3, -0.25) is 4.90 Å². The van der Waals surface area contributed by atoms with Gasteiger partial charge in [0.1, 0.15) is 0 Å². The summed E-state index contributed by atoms with van der Waals surface area (Å²) in [7, 11) is 4.03. The topological polar surface area (TPSA) is 38.8 Å². The Labute approximate surface area is 117 Å². The molecule has 1 fully saturated rings. The van der Waals surface area contributed by atoms with E-state index in [-0.39, 0.29) is 6.03 Å². The first-order valence-electron chi connectivity index (χ1n) is 7.39. The predicted octanol–water partition coefficient (Wildman–Crippen LogP) is 0.921. The van der Waals surface area contributed by atoms with Crippen molar-refractivity contribution in [2.75, 3.05) is 59.9 Å². The number of hydrogen-bond donors (Lipinski definition) is 1. The first kappa shape index (κ1) is 16.2.